The molecule has 10 nitrogen and oxygen atoms in total. The number of hydrogen-bond donors (Lipinski definition) is 6. The van der Waals surface area contributed by atoms with Crippen LogP contribution in [0, 0.1) is 23.7 Å². The molecule has 0 aromatic carbocycles. The lowest BCUT2D eigenvalue weighted by molar-refractivity contribution is -0.131. The molecule has 0 heterocycles. The van der Waals surface area contributed by atoms with Crippen LogP contribution in [0.3, 0.4) is 0 Å². The summed E-state index contributed by atoms with van der Waals surface area (Å²) >= 11 is 0. The summed E-state index contributed by atoms with van der Waals surface area (Å²) in [5, 5.41) is 20.8. The van der Waals surface area contributed by atoms with Crippen molar-refractivity contribution in [3.63, 3.8) is 0 Å². The normalized spacial score (nSPS) is 14.5. The van der Waals surface area contributed by atoms with Gasteiger partial charge in [-0.3, -0.25) is 19.2 Å². The van der Waals surface area contributed by atoms with Crippen molar-refractivity contribution in [3.05, 3.63) is 0 Å². The minimum atomic E-state index is -0.153. The average molecular weight is 879 g/mol. The van der Waals surface area contributed by atoms with Crippen LogP contribution < -0.4 is 31.9 Å². The Labute approximate surface area is 384 Å². The number of nitrogens with one attached hydrogen (secondary N) is 6. The molecule has 0 fully saturated rings. The molecule has 6 N–H and O–H groups in total. The second kappa shape index (κ2) is 34.7. The first-order chi connectivity index (χ1) is 28.7. The predicted molar refractivity (Wildman–Crippen MR) is 267 cm³/mol. The van der Waals surface area contributed by atoms with Gasteiger partial charge in [0.15, 0.2) is 0 Å². The van der Waals surface area contributed by atoms with E-state index in [1.165, 1.54) is 0 Å². The largest absolute Gasteiger partial charge is 0.315 e. The Hall–Kier alpha value is -1.56. The molecule has 0 aromatic heterocycles. The van der Waals surface area contributed by atoms with Gasteiger partial charge in [-0.15, -0.1) is 0 Å². The lowest BCUT2D eigenvalue weighted by Crippen LogP contribution is -2.42. The van der Waals surface area contributed by atoms with Gasteiger partial charge in [-0.05, 0) is 119 Å². The molecule has 0 rings (SSSR count). The lowest BCUT2D eigenvalue weighted by Gasteiger charge is -2.24. The van der Waals surface area contributed by atoms with E-state index in [-0.39, 0.29) is 82.0 Å². The Bertz CT molecular complexity index is 1080. The van der Waals surface area contributed by atoms with Crippen LogP contribution in [-0.2, 0) is 19.2 Å². The van der Waals surface area contributed by atoms with Crippen molar-refractivity contribution < 1.29 is 19.2 Å². The van der Waals surface area contributed by atoms with E-state index in [4.69, 9.17) is 0 Å². The van der Waals surface area contributed by atoms with Gasteiger partial charge in [0.05, 0.1) is 12.1 Å². The maximum Gasteiger partial charge on any atom is 0.150 e. The van der Waals surface area contributed by atoms with Gasteiger partial charge in [-0.25, -0.2) is 0 Å². The summed E-state index contributed by atoms with van der Waals surface area (Å²) in [5.74, 6) is 0.550. The molecule has 368 valence electrons. The molecule has 0 unspecified atom stereocenters. The maximum absolute atomic E-state index is 13.2. The SMILES string of the molecule is CC(C)NCCCC[C@@H](CC(=O)[C@H](CCCCNC(C)(C)C)NC(C)C)C(=O)C(C)C.CC(C)NCCCC[C@H](CC(=O)[C@H](CCCCNC(C)(C)C)NC(C)C)C(=O)C(C)C. The summed E-state index contributed by atoms with van der Waals surface area (Å²) in [6, 6.07) is 1.16. The number of Topliss-reactive ketones (excluding diaryl/α,β-unsaturated/α-hetero) is 4. The summed E-state index contributed by atoms with van der Waals surface area (Å²) in [4.78, 5) is 51.9. The molecule has 0 aliphatic heterocycles. The van der Waals surface area contributed by atoms with Crippen LogP contribution >= 0.6 is 0 Å². The van der Waals surface area contributed by atoms with Crippen molar-refractivity contribution in [3.8, 4) is 0 Å². The number of hydrogen-bond acceptors (Lipinski definition) is 10. The zero-order valence-electron chi connectivity index (χ0n) is 44.1. The highest BCUT2D eigenvalue weighted by Crippen LogP contribution is 2.22. The van der Waals surface area contributed by atoms with E-state index in [9.17, 15) is 19.2 Å². The molecule has 0 saturated heterocycles. The van der Waals surface area contributed by atoms with E-state index in [1.807, 2.05) is 27.7 Å². The summed E-state index contributed by atoms with van der Waals surface area (Å²) < 4.78 is 0. The summed E-state index contributed by atoms with van der Waals surface area (Å²) in [5.41, 5.74) is 0.251. The van der Waals surface area contributed by atoms with Crippen molar-refractivity contribution in [2.75, 3.05) is 26.2 Å². The van der Waals surface area contributed by atoms with Gasteiger partial charge < -0.3 is 31.9 Å². The monoisotopic (exact) mass is 879 g/mol. The van der Waals surface area contributed by atoms with E-state index >= 15 is 0 Å². The number of ketones is 4. The molecule has 0 aliphatic rings. The average Bonchev–Trinajstić information content (AvgIpc) is 3.13. The fourth-order valence-corrected chi connectivity index (χ4v) is 7.57. The number of unbranched alkanes of at least 4 members (excludes halogenated alkanes) is 4. The van der Waals surface area contributed by atoms with E-state index in [1.54, 1.807) is 0 Å². The van der Waals surface area contributed by atoms with Crippen LogP contribution in [0.1, 0.15) is 215 Å². The standard InChI is InChI=1S/2C26H53N3O2/c2*1-19(2)25(31)22(14-10-12-16-27-20(3)4)18-24(30)23(29-21(5)6)15-11-13-17-28-26(7,8)9/h2*19-23,27-29H,10-18H2,1-9H3/t22-,23+;22-,23-/m10/s1. The second-order valence-corrected chi connectivity index (χ2v) is 22.2. The fraction of sp³-hybridized carbons (Fsp3) is 0.923. The first-order valence-electron chi connectivity index (χ1n) is 25.3. The Morgan fingerprint density at radius 2 is 0.677 bits per heavy atom. The zero-order valence-corrected chi connectivity index (χ0v) is 44.1. The summed E-state index contributed by atoms with van der Waals surface area (Å²) in [6.07, 6.45) is 12.2. The Morgan fingerprint density at radius 1 is 0.387 bits per heavy atom. The highest BCUT2D eigenvalue weighted by molar-refractivity contribution is 5.92. The number of carbonyl (C=O) groups excluding carboxylic acids is 4. The van der Waals surface area contributed by atoms with Crippen LogP contribution in [0.5, 0.6) is 0 Å². The molecule has 4 atom stereocenters. The minimum Gasteiger partial charge on any atom is -0.315 e. The highest BCUT2D eigenvalue weighted by atomic mass is 16.1. The molecular weight excluding hydrogens is 773 g/mol. The van der Waals surface area contributed by atoms with Gasteiger partial charge in [0.1, 0.15) is 23.1 Å². The van der Waals surface area contributed by atoms with E-state index in [0.29, 0.717) is 24.9 Å². The quantitative estimate of drug-likeness (QED) is 0.0337. The van der Waals surface area contributed by atoms with Crippen molar-refractivity contribution in [1.29, 1.82) is 0 Å². The molecule has 10 heteroatoms. The van der Waals surface area contributed by atoms with Gasteiger partial charge in [-0.1, -0.05) is 109 Å². The fourth-order valence-electron chi connectivity index (χ4n) is 7.57. The number of rotatable bonds is 36. The molecule has 0 radical (unpaired) electrons. The molecule has 0 aliphatic carbocycles. The molecule has 0 aromatic rings. The van der Waals surface area contributed by atoms with Crippen LogP contribution in [-0.4, -0.2) is 96.6 Å². The maximum atomic E-state index is 13.2. The highest BCUT2D eigenvalue weighted by Gasteiger charge is 2.29. The van der Waals surface area contributed by atoms with Gasteiger partial charge in [-0.2, -0.15) is 0 Å². The summed E-state index contributed by atoms with van der Waals surface area (Å²) in [7, 11) is 0. The third-order valence-electron chi connectivity index (χ3n) is 10.9. The van der Waals surface area contributed by atoms with Crippen LogP contribution in [0.25, 0.3) is 0 Å². The van der Waals surface area contributed by atoms with Crippen molar-refractivity contribution in [1.82, 2.24) is 31.9 Å². The minimum absolute atomic E-state index is 0.0217. The third-order valence-corrected chi connectivity index (χ3v) is 10.9. The molecular formula is C52H106N6O4. The smallest absolute Gasteiger partial charge is 0.150 e. The second-order valence-electron chi connectivity index (χ2n) is 22.2. The molecule has 0 amide bonds. The summed E-state index contributed by atoms with van der Waals surface area (Å²) in [6.45, 7) is 41.6. The van der Waals surface area contributed by atoms with Crippen molar-refractivity contribution in [2.45, 2.75) is 262 Å². The Balaban J connectivity index is 0. The number of carbonyl (C=O) groups is 4. The molecule has 0 saturated carbocycles. The topological polar surface area (TPSA) is 140 Å². The molecule has 62 heavy (non-hydrogen) atoms. The Morgan fingerprint density at radius 3 is 0.935 bits per heavy atom. The van der Waals surface area contributed by atoms with Crippen LogP contribution in [0.15, 0.2) is 0 Å². The van der Waals surface area contributed by atoms with Crippen LogP contribution in [0.2, 0.25) is 0 Å². The van der Waals surface area contributed by atoms with E-state index < -0.39 is 0 Å². The zero-order chi connectivity index (χ0) is 48.1. The van der Waals surface area contributed by atoms with E-state index in [0.717, 1.165) is 103 Å². The Kier molecular flexibility index (Phi) is 35.0. The van der Waals surface area contributed by atoms with Gasteiger partial charge in [0.2, 0.25) is 0 Å². The van der Waals surface area contributed by atoms with Crippen molar-refractivity contribution >= 4 is 23.1 Å². The van der Waals surface area contributed by atoms with Crippen LogP contribution in [0.4, 0.5) is 0 Å². The molecule has 0 spiro atoms. The van der Waals surface area contributed by atoms with Gasteiger partial charge >= 0.3 is 0 Å². The first kappa shape index (κ1) is 62.5. The van der Waals surface area contributed by atoms with Gasteiger partial charge in [0, 0.05) is 71.8 Å². The predicted octanol–water partition coefficient (Wildman–Crippen LogP) is 9.76. The van der Waals surface area contributed by atoms with E-state index in [2.05, 4.69) is 129 Å². The first-order valence-corrected chi connectivity index (χ1v) is 25.3. The van der Waals surface area contributed by atoms with Crippen molar-refractivity contribution in [2.24, 2.45) is 23.7 Å². The lowest BCUT2D eigenvalue weighted by atomic mass is 9.85. The molecule has 0 bridgehead atoms. The van der Waals surface area contributed by atoms with Gasteiger partial charge in [0.25, 0.3) is 0 Å². The third kappa shape index (κ3) is 36.7.